The van der Waals surface area contributed by atoms with Crippen molar-refractivity contribution in [3.8, 4) is 0 Å². The minimum atomic E-state index is -1.44. The molecule has 0 saturated heterocycles. The Bertz CT molecular complexity index is 607. The van der Waals surface area contributed by atoms with E-state index in [-0.39, 0.29) is 6.61 Å². The number of aliphatic hydroxyl groups is 1. The van der Waals surface area contributed by atoms with Crippen molar-refractivity contribution in [2.45, 2.75) is 6.61 Å². The average molecular weight is 372 g/mol. The zero-order valence-electron chi connectivity index (χ0n) is 10.4. The van der Waals surface area contributed by atoms with Crippen molar-refractivity contribution in [1.82, 2.24) is 9.97 Å². The molecule has 0 aromatic carbocycles. The van der Waals surface area contributed by atoms with Gasteiger partial charge in [0.05, 0.1) is 16.7 Å². The van der Waals surface area contributed by atoms with Gasteiger partial charge in [0.1, 0.15) is 0 Å². The van der Waals surface area contributed by atoms with Crippen molar-refractivity contribution < 1.29 is 32.4 Å². The van der Waals surface area contributed by atoms with E-state index in [1.165, 1.54) is 18.6 Å². The van der Waals surface area contributed by atoms with Gasteiger partial charge in [-0.15, -0.1) is 0 Å². The van der Waals surface area contributed by atoms with Gasteiger partial charge in [-0.25, -0.2) is 0 Å². The maximum absolute atomic E-state index is 10.1. The topological polar surface area (TPSA) is 97.2 Å². The molecule has 0 bridgehead atoms. The molecule has 0 aliphatic carbocycles. The number of aromatic nitrogens is 2. The van der Waals surface area contributed by atoms with Crippen LogP contribution in [0.1, 0.15) is 15.9 Å². The Kier molecular flexibility index (Phi) is 11.6. The minimum absolute atomic E-state index is 0.00639. The first-order chi connectivity index (χ1) is 10.1. The van der Waals surface area contributed by atoms with Gasteiger partial charge in [0.2, 0.25) is 0 Å². The van der Waals surface area contributed by atoms with Gasteiger partial charge in [-0.05, 0) is 17.7 Å². The number of carbonyl (C=O) groups is 1. The molecule has 2 heterocycles. The Balaban J connectivity index is 0.000000322. The molecule has 1 N–H and O–H groups in total. The molecule has 2 rings (SSSR count). The first-order valence-electron chi connectivity index (χ1n) is 5.22. The van der Waals surface area contributed by atoms with Crippen molar-refractivity contribution in [1.29, 1.82) is 0 Å². The molecule has 6 nitrogen and oxygen atoms in total. The van der Waals surface area contributed by atoms with Crippen LogP contribution >= 0.6 is 23.2 Å². The summed E-state index contributed by atoms with van der Waals surface area (Å²) in [5.74, 6) is 0. The number of aliphatic hydroxyl groups excluding tert-OH is 1. The van der Waals surface area contributed by atoms with Gasteiger partial charge in [-0.1, -0.05) is 23.2 Å². The van der Waals surface area contributed by atoms with Crippen LogP contribution in [0.25, 0.3) is 0 Å². The summed E-state index contributed by atoms with van der Waals surface area (Å²) in [5, 5.41) is 9.61. The summed E-state index contributed by atoms with van der Waals surface area (Å²) in [4.78, 5) is 17.5. The Labute approximate surface area is 136 Å². The van der Waals surface area contributed by atoms with Crippen LogP contribution in [-0.2, 0) is 29.1 Å². The van der Waals surface area contributed by atoms with Crippen molar-refractivity contribution in [3.05, 3.63) is 58.1 Å². The number of hydrogen-bond donors (Lipinski definition) is 1. The first-order valence-corrected chi connectivity index (χ1v) is 6.94. The summed E-state index contributed by atoms with van der Waals surface area (Å²) in [6, 6.07) is 3.23. The quantitative estimate of drug-likeness (QED) is 0.643. The third-order valence-corrected chi connectivity index (χ3v) is 2.22. The van der Waals surface area contributed by atoms with Crippen LogP contribution in [0.2, 0.25) is 10.0 Å². The van der Waals surface area contributed by atoms with Crippen LogP contribution in [0.4, 0.5) is 0 Å². The van der Waals surface area contributed by atoms with E-state index < -0.39 is 14.8 Å². The standard InChI is InChI=1S/C6H6ClNO.C6H4ClNO.Mn.2O/c2*7-6-1-5(4-9)2-8-3-6;;;/h1-3,9H,4H2;1-4H;;;. The maximum atomic E-state index is 10.1. The fourth-order valence-corrected chi connectivity index (χ4v) is 1.41. The molecule has 21 heavy (non-hydrogen) atoms. The molecule has 0 aliphatic rings. The predicted octanol–water partition coefficient (Wildman–Crippen LogP) is 2.53. The summed E-state index contributed by atoms with van der Waals surface area (Å²) in [7, 11) is 0. The summed E-state index contributed by atoms with van der Waals surface area (Å²) in [6.07, 6.45) is 6.75. The van der Waals surface area contributed by atoms with Crippen LogP contribution in [0, 0.1) is 0 Å². The second-order valence-electron chi connectivity index (χ2n) is 3.29. The monoisotopic (exact) mass is 371 g/mol. The molecule has 0 saturated carbocycles. The van der Waals surface area contributed by atoms with Gasteiger partial charge < -0.3 is 5.11 Å². The average Bonchev–Trinajstić information content (AvgIpc) is 2.48. The van der Waals surface area contributed by atoms with E-state index in [0.29, 0.717) is 21.9 Å². The van der Waals surface area contributed by atoms with Crippen molar-refractivity contribution in [2.24, 2.45) is 0 Å². The molecule has 0 unspecified atom stereocenters. The first kappa shape index (κ1) is 19.6. The number of rotatable bonds is 2. The summed E-state index contributed by atoms with van der Waals surface area (Å²) in [6.45, 7) is -0.00639. The Hall–Kier alpha value is -1.37. The van der Waals surface area contributed by atoms with Gasteiger partial charge in [0, 0.05) is 30.4 Å². The molecule has 2 aromatic rings. The van der Waals surface area contributed by atoms with Gasteiger partial charge in [-0.3, -0.25) is 14.8 Å². The number of aldehydes is 1. The molecule has 0 fully saturated rings. The van der Waals surface area contributed by atoms with Gasteiger partial charge in [0.25, 0.3) is 0 Å². The number of halogens is 2. The van der Waals surface area contributed by atoms with Crippen LogP contribution in [0.5, 0.6) is 0 Å². The van der Waals surface area contributed by atoms with Crippen LogP contribution in [0.15, 0.2) is 36.9 Å². The van der Waals surface area contributed by atoms with E-state index in [1.807, 2.05) is 0 Å². The molecule has 113 valence electrons. The SMILES string of the molecule is O=Cc1cncc(Cl)c1.OCc1cncc(Cl)c1.[O]=[Mn]=[O]. The summed E-state index contributed by atoms with van der Waals surface area (Å²) in [5.41, 5.74) is 1.24. The van der Waals surface area contributed by atoms with Crippen molar-refractivity contribution in [2.75, 3.05) is 0 Å². The number of hydrogen-bond acceptors (Lipinski definition) is 6. The fraction of sp³-hybridized carbons (Fsp3) is 0.0833. The van der Waals surface area contributed by atoms with Crippen molar-refractivity contribution in [3.63, 3.8) is 0 Å². The zero-order chi connectivity index (χ0) is 16.1. The fourth-order valence-electron chi connectivity index (χ4n) is 1.04. The van der Waals surface area contributed by atoms with E-state index in [9.17, 15) is 4.79 Å². The normalized spacial score (nSPS) is 8.52. The van der Waals surface area contributed by atoms with E-state index in [0.717, 1.165) is 5.56 Å². The molecule has 0 radical (unpaired) electrons. The molecule has 0 spiro atoms. The van der Waals surface area contributed by atoms with Crippen LogP contribution < -0.4 is 0 Å². The van der Waals surface area contributed by atoms with Crippen LogP contribution in [-0.4, -0.2) is 21.4 Å². The number of pyridine rings is 2. The molecule has 0 amide bonds. The molecule has 0 atom stereocenters. The van der Waals surface area contributed by atoms with E-state index >= 15 is 0 Å². The summed E-state index contributed by atoms with van der Waals surface area (Å²) < 4.78 is 16.8. The van der Waals surface area contributed by atoms with Crippen molar-refractivity contribution >= 4 is 29.5 Å². The van der Waals surface area contributed by atoms with E-state index in [2.05, 4.69) is 9.97 Å². The molecular formula is C12H10Cl2MnN2O4. The predicted molar refractivity (Wildman–Crippen MR) is 71.2 cm³/mol. The van der Waals surface area contributed by atoms with Gasteiger partial charge in [-0.2, -0.15) is 0 Å². The number of carbonyl (C=O) groups excluding carboxylic acids is 1. The molecule has 2 aromatic heterocycles. The molecule has 0 aliphatic heterocycles. The third-order valence-electron chi connectivity index (χ3n) is 1.81. The second kappa shape index (κ2) is 12.4. The second-order valence-corrected chi connectivity index (χ2v) is 4.36. The van der Waals surface area contributed by atoms with Gasteiger partial charge in [0.15, 0.2) is 6.29 Å². The van der Waals surface area contributed by atoms with E-state index in [4.69, 9.17) is 36.0 Å². The number of nitrogens with zero attached hydrogens (tertiary/aromatic N) is 2. The molecular weight excluding hydrogens is 362 g/mol. The molecule has 9 heteroatoms. The summed E-state index contributed by atoms with van der Waals surface area (Å²) >= 11 is 9.61. The Morgan fingerprint density at radius 1 is 1.05 bits per heavy atom. The van der Waals surface area contributed by atoms with E-state index in [1.54, 1.807) is 18.3 Å². The van der Waals surface area contributed by atoms with Crippen LogP contribution in [0.3, 0.4) is 0 Å². The van der Waals surface area contributed by atoms with Gasteiger partial charge >= 0.3 is 22.5 Å². The zero-order valence-corrected chi connectivity index (χ0v) is 13.1. The third kappa shape index (κ3) is 10.1. The Morgan fingerprint density at radius 2 is 1.57 bits per heavy atom. The Morgan fingerprint density at radius 3 is 1.90 bits per heavy atom.